The molecule has 0 bridgehead atoms. The van der Waals surface area contributed by atoms with Crippen LogP contribution in [-0.2, 0) is 6.42 Å². The van der Waals surface area contributed by atoms with E-state index in [1.165, 1.54) is 6.07 Å². The zero-order chi connectivity index (χ0) is 17.1. The maximum Gasteiger partial charge on any atom is 0.128 e. The lowest BCUT2D eigenvalue weighted by Crippen LogP contribution is -2.06. The van der Waals surface area contributed by atoms with Crippen LogP contribution in [0.3, 0.4) is 0 Å². The predicted octanol–water partition coefficient (Wildman–Crippen LogP) is 5.78. The van der Waals surface area contributed by atoms with Crippen LogP contribution in [-0.4, -0.2) is 4.98 Å². The van der Waals surface area contributed by atoms with Gasteiger partial charge in [-0.05, 0) is 55.2 Å². The highest BCUT2D eigenvalue weighted by molar-refractivity contribution is 6.33. The third-order valence-corrected chi connectivity index (χ3v) is 4.31. The maximum absolute atomic E-state index is 13.9. The molecule has 0 aliphatic heterocycles. The Morgan fingerprint density at radius 2 is 2.17 bits per heavy atom. The first-order valence-electron chi connectivity index (χ1n) is 7.80. The first-order valence-corrected chi connectivity index (χ1v) is 8.18. The lowest BCUT2D eigenvalue weighted by atomic mass is 10.0. The van der Waals surface area contributed by atoms with Crippen LogP contribution in [0, 0.1) is 12.7 Å². The van der Waals surface area contributed by atoms with Gasteiger partial charge < -0.3 is 5.32 Å². The lowest BCUT2D eigenvalue weighted by Gasteiger charge is -2.16. The zero-order valence-electron chi connectivity index (χ0n) is 13.6. The van der Waals surface area contributed by atoms with Gasteiger partial charge in [-0.15, -0.1) is 0 Å². The second-order valence-corrected chi connectivity index (χ2v) is 6.03. The smallest absolute Gasteiger partial charge is 0.128 e. The molecule has 0 unspecified atom stereocenters. The highest BCUT2D eigenvalue weighted by atomic mass is 35.5. The number of fused-ring (bicyclic) bond motifs is 1. The van der Waals surface area contributed by atoms with Gasteiger partial charge in [-0.1, -0.05) is 42.0 Å². The van der Waals surface area contributed by atoms with Crippen molar-refractivity contribution in [3.8, 4) is 0 Å². The Morgan fingerprint density at radius 1 is 1.33 bits per heavy atom. The topological polar surface area (TPSA) is 24.9 Å². The molecule has 1 N–H and O–H groups in total. The summed E-state index contributed by atoms with van der Waals surface area (Å²) in [7, 11) is 0. The van der Waals surface area contributed by atoms with Crippen molar-refractivity contribution in [3.63, 3.8) is 0 Å². The van der Waals surface area contributed by atoms with Crippen LogP contribution in [0.5, 0.6) is 0 Å². The van der Waals surface area contributed by atoms with Crippen LogP contribution in [0.15, 0.2) is 48.7 Å². The molecule has 1 heterocycles. The highest BCUT2D eigenvalue weighted by Gasteiger charge is 2.14. The Morgan fingerprint density at radius 3 is 2.96 bits per heavy atom. The molecule has 0 fully saturated rings. The van der Waals surface area contributed by atoms with E-state index in [0.717, 1.165) is 28.9 Å². The number of hydrogen-bond donors (Lipinski definition) is 1. The third kappa shape index (κ3) is 3.26. The average Bonchev–Trinajstić information content (AvgIpc) is 2.82. The monoisotopic (exact) mass is 340 g/mol. The summed E-state index contributed by atoms with van der Waals surface area (Å²) in [6, 6.07) is 5.04. The quantitative estimate of drug-likeness (QED) is 0.766. The molecular formula is C20H18ClFN2. The van der Waals surface area contributed by atoms with E-state index >= 15 is 0 Å². The number of rotatable bonds is 3. The van der Waals surface area contributed by atoms with E-state index in [-0.39, 0.29) is 5.82 Å². The fraction of sp³-hybridized carbons (Fsp3) is 0.150. The minimum absolute atomic E-state index is 0.289. The van der Waals surface area contributed by atoms with Gasteiger partial charge in [0.05, 0.1) is 22.1 Å². The van der Waals surface area contributed by atoms with Crippen molar-refractivity contribution < 1.29 is 4.39 Å². The van der Waals surface area contributed by atoms with Crippen LogP contribution in [0.25, 0.3) is 11.8 Å². The fourth-order valence-corrected chi connectivity index (χ4v) is 2.95. The summed E-state index contributed by atoms with van der Waals surface area (Å²) in [5.41, 5.74) is 4.98. The van der Waals surface area contributed by atoms with Gasteiger partial charge in [-0.2, -0.15) is 0 Å². The van der Waals surface area contributed by atoms with Gasteiger partial charge in [0.1, 0.15) is 5.82 Å². The van der Waals surface area contributed by atoms with E-state index in [4.69, 9.17) is 11.6 Å². The van der Waals surface area contributed by atoms with E-state index in [1.807, 2.05) is 31.2 Å². The molecular weight excluding hydrogens is 323 g/mol. The van der Waals surface area contributed by atoms with Crippen LogP contribution in [0.2, 0.25) is 5.02 Å². The molecule has 4 heteroatoms. The molecule has 1 aliphatic carbocycles. The van der Waals surface area contributed by atoms with Crippen molar-refractivity contribution in [1.82, 2.24) is 4.98 Å². The molecule has 1 aliphatic rings. The van der Waals surface area contributed by atoms with Crippen molar-refractivity contribution in [2.24, 2.45) is 0 Å². The van der Waals surface area contributed by atoms with Crippen LogP contribution in [0.1, 0.15) is 29.3 Å². The van der Waals surface area contributed by atoms with E-state index in [0.29, 0.717) is 16.3 Å². The standard InChI is InChI=1S/C20H18ClFN2/c1-3-18(24-19-12-17(22)13(2)11-16(19)21)20-15-8-6-4-5-7-14(15)9-10-23-20/h3-7,9-12,24H,8H2,1-2H3/b18-3+. The largest absolute Gasteiger partial charge is 0.353 e. The molecule has 2 nitrogen and oxygen atoms in total. The van der Waals surface area contributed by atoms with Crippen LogP contribution in [0.4, 0.5) is 10.1 Å². The van der Waals surface area contributed by atoms with Crippen molar-refractivity contribution in [3.05, 3.63) is 81.9 Å². The number of benzene rings is 1. The van der Waals surface area contributed by atoms with Crippen molar-refractivity contribution in [1.29, 1.82) is 0 Å². The molecule has 0 spiro atoms. The molecule has 2 aromatic rings. The normalized spacial score (nSPS) is 13.6. The number of pyridine rings is 1. The van der Waals surface area contributed by atoms with E-state index in [2.05, 4.69) is 22.5 Å². The van der Waals surface area contributed by atoms with Gasteiger partial charge in [-0.25, -0.2) is 4.39 Å². The van der Waals surface area contributed by atoms with Gasteiger partial charge in [0.25, 0.3) is 0 Å². The summed E-state index contributed by atoms with van der Waals surface area (Å²) in [5.74, 6) is -0.289. The summed E-state index contributed by atoms with van der Waals surface area (Å²) >= 11 is 6.26. The number of hydrogen-bond acceptors (Lipinski definition) is 2. The molecule has 0 saturated heterocycles. The Labute approximate surface area is 146 Å². The Hall–Kier alpha value is -2.39. The molecule has 0 saturated carbocycles. The summed E-state index contributed by atoms with van der Waals surface area (Å²) in [5, 5.41) is 3.71. The fourth-order valence-electron chi connectivity index (χ4n) is 2.69. The second kappa shape index (κ2) is 7.02. The molecule has 122 valence electrons. The van der Waals surface area contributed by atoms with E-state index < -0.39 is 0 Å². The number of allylic oxidation sites excluding steroid dienone is 4. The second-order valence-electron chi connectivity index (χ2n) is 5.63. The number of nitrogens with zero attached hydrogens (tertiary/aromatic N) is 1. The molecule has 1 aromatic heterocycles. The number of halogens is 2. The summed E-state index contributed by atoms with van der Waals surface area (Å²) in [4.78, 5) is 4.54. The molecule has 1 aromatic carbocycles. The first kappa shape index (κ1) is 16.5. The predicted molar refractivity (Wildman–Crippen MR) is 99.5 cm³/mol. The number of anilines is 1. The van der Waals surface area contributed by atoms with Crippen molar-refractivity contribution in [2.45, 2.75) is 20.3 Å². The van der Waals surface area contributed by atoms with E-state index in [9.17, 15) is 4.39 Å². The van der Waals surface area contributed by atoms with Crippen molar-refractivity contribution >= 4 is 29.1 Å². The van der Waals surface area contributed by atoms with Crippen molar-refractivity contribution in [2.75, 3.05) is 5.32 Å². The molecule has 24 heavy (non-hydrogen) atoms. The zero-order valence-corrected chi connectivity index (χ0v) is 14.4. The minimum atomic E-state index is -0.289. The number of aryl methyl sites for hydroxylation is 1. The van der Waals surface area contributed by atoms with Crippen LogP contribution < -0.4 is 5.32 Å². The molecule has 3 rings (SSSR count). The first-order chi connectivity index (χ1) is 11.6. The summed E-state index contributed by atoms with van der Waals surface area (Å²) in [6.45, 7) is 3.61. The van der Waals surface area contributed by atoms with E-state index in [1.54, 1.807) is 19.2 Å². The minimum Gasteiger partial charge on any atom is -0.353 e. The summed E-state index contributed by atoms with van der Waals surface area (Å²) < 4.78 is 13.9. The molecule has 0 radical (unpaired) electrons. The van der Waals surface area contributed by atoms with Gasteiger partial charge in [0.15, 0.2) is 0 Å². The third-order valence-electron chi connectivity index (χ3n) is 4.00. The van der Waals surface area contributed by atoms with Gasteiger partial charge in [0.2, 0.25) is 0 Å². The van der Waals surface area contributed by atoms with Crippen LogP contribution >= 0.6 is 11.6 Å². The average molecular weight is 341 g/mol. The number of nitrogens with one attached hydrogen (secondary N) is 1. The number of aromatic nitrogens is 1. The summed E-state index contributed by atoms with van der Waals surface area (Å²) in [6.07, 6.45) is 12.7. The SMILES string of the molecule is C/C=C(/Nc1cc(F)c(C)cc1Cl)c1nccc2c1CC=CC=C2. The Balaban J connectivity index is 2.01. The van der Waals surface area contributed by atoms with Gasteiger partial charge in [-0.3, -0.25) is 4.98 Å². The Kier molecular flexibility index (Phi) is 4.81. The highest BCUT2D eigenvalue weighted by Crippen LogP contribution is 2.30. The maximum atomic E-state index is 13.9. The van der Waals surface area contributed by atoms with Gasteiger partial charge >= 0.3 is 0 Å². The molecule has 0 atom stereocenters. The lowest BCUT2D eigenvalue weighted by molar-refractivity contribution is 0.619. The van der Waals surface area contributed by atoms with Gasteiger partial charge in [0, 0.05) is 6.20 Å². The molecule has 0 amide bonds. The Bertz CT molecular complexity index is 866.